The summed E-state index contributed by atoms with van der Waals surface area (Å²) in [6.07, 6.45) is 1.63. The van der Waals surface area contributed by atoms with E-state index in [0.29, 0.717) is 5.02 Å². The fourth-order valence-electron chi connectivity index (χ4n) is 1.80. The summed E-state index contributed by atoms with van der Waals surface area (Å²) in [6, 6.07) is 14.1. The lowest BCUT2D eigenvalue weighted by atomic mass is 10.0. The number of carbonyl (C=O) groups is 1. The van der Waals surface area contributed by atoms with Crippen molar-refractivity contribution in [3.05, 3.63) is 64.7 Å². The number of nitrogens with one attached hydrogen (secondary N) is 1. The number of phenolic OH excluding ortho intramolecular Hbond substituents is 1. The quantitative estimate of drug-likeness (QED) is 0.670. The average molecular weight is 303 g/mol. The van der Waals surface area contributed by atoms with Crippen molar-refractivity contribution in [3.63, 3.8) is 0 Å². The Hall–Kier alpha value is -2.33. The van der Waals surface area contributed by atoms with Gasteiger partial charge in [-0.15, -0.1) is 0 Å². The van der Waals surface area contributed by atoms with Crippen molar-refractivity contribution in [1.82, 2.24) is 5.43 Å². The molecule has 0 aliphatic rings. The Morgan fingerprint density at radius 3 is 2.71 bits per heavy atom. The van der Waals surface area contributed by atoms with E-state index in [0.717, 1.165) is 5.56 Å². The molecule has 0 aliphatic heterocycles. The zero-order valence-corrected chi connectivity index (χ0v) is 12.2. The molecule has 2 aromatic carbocycles. The minimum Gasteiger partial charge on any atom is -0.507 e. The molecule has 2 aromatic rings. The first-order valence-corrected chi connectivity index (χ1v) is 6.82. The predicted octanol–water partition coefficient (Wildman–Crippen LogP) is 3.56. The maximum atomic E-state index is 11.9. The normalized spacial score (nSPS) is 12.3. The molecule has 0 aliphatic carbocycles. The van der Waals surface area contributed by atoms with Crippen LogP contribution in [0, 0.1) is 0 Å². The predicted molar refractivity (Wildman–Crippen MR) is 83.9 cm³/mol. The molecule has 5 heteroatoms. The number of halogens is 1. The summed E-state index contributed by atoms with van der Waals surface area (Å²) in [4.78, 5) is 11.9. The molecular weight excluding hydrogens is 288 g/mol. The molecule has 0 saturated carbocycles. The second kappa shape index (κ2) is 6.90. The fraction of sp³-hybridized carbons (Fsp3) is 0.125. The monoisotopic (exact) mass is 302 g/mol. The summed E-state index contributed by atoms with van der Waals surface area (Å²) in [5.41, 5.74) is 3.57. The van der Waals surface area contributed by atoms with E-state index >= 15 is 0 Å². The average Bonchev–Trinajstić information content (AvgIpc) is 2.50. The number of aromatic hydroxyl groups is 1. The van der Waals surface area contributed by atoms with E-state index in [1.54, 1.807) is 6.21 Å². The van der Waals surface area contributed by atoms with Gasteiger partial charge in [0, 0.05) is 17.2 Å². The molecule has 21 heavy (non-hydrogen) atoms. The summed E-state index contributed by atoms with van der Waals surface area (Å²) < 4.78 is 0. The van der Waals surface area contributed by atoms with Crippen molar-refractivity contribution in [2.24, 2.45) is 5.10 Å². The van der Waals surface area contributed by atoms with E-state index in [-0.39, 0.29) is 17.2 Å². The molecule has 0 radical (unpaired) electrons. The molecule has 2 N–H and O–H groups in total. The maximum absolute atomic E-state index is 11.9. The minimum atomic E-state index is -0.508. The van der Waals surface area contributed by atoms with Crippen LogP contribution in [0.2, 0.25) is 5.02 Å². The number of hydrogen-bond donors (Lipinski definition) is 2. The molecule has 0 aromatic heterocycles. The smallest absolute Gasteiger partial charge is 0.275 e. The highest BCUT2D eigenvalue weighted by atomic mass is 35.5. The lowest BCUT2D eigenvalue weighted by Crippen LogP contribution is -2.18. The van der Waals surface area contributed by atoms with Crippen molar-refractivity contribution in [2.45, 2.75) is 12.8 Å². The van der Waals surface area contributed by atoms with Gasteiger partial charge in [0.25, 0.3) is 5.91 Å². The number of hydrogen-bond acceptors (Lipinski definition) is 3. The van der Waals surface area contributed by atoms with Crippen LogP contribution < -0.4 is 5.43 Å². The van der Waals surface area contributed by atoms with E-state index < -0.39 is 5.91 Å². The number of nitrogens with zero attached hydrogens (tertiary/aromatic N) is 1. The number of amides is 1. The Kier molecular flexibility index (Phi) is 4.95. The lowest BCUT2D eigenvalue weighted by Gasteiger charge is -2.06. The molecule has 2 rings (SSSR count). The van der Waals surface area contributed by atoms with Crippen LogP contribution in [0.5, 0.6) is 5.75 Å². The Morgan fingerprint density at radius 2 is 2.00 bits per heavy atom. The van der Waals surface area contributed by atoms with Gasteiger partial charge < -0.3 is 5.11 Å². The van der Waals surface area contributed by atoms with Crippen LogP contribution in [0.4, 0.5) is 0 Å². The standard InChI is InChI=1S/C16H15ClN2O2/c1-11(12-5-3-2-4-6-12)10-18-19-16(21)14-9-13(17)7-8-15(14)20/h2-11,20H,1H3,(H,19,21)/b18-10+. The maximum Gasteiger partial charge on any atom is 0.275 e. The van der Waals surface area contributed by atoms with E-state index in [1.165, 1.54) is 18.2 Å². The number of hydrazone groups is 1. The van der Waals surface area contributed by atoms with Gasteiger partial charge in [-0.3, -0.25) is 4.79 Å². The zero-order chi connectivity index (χ0) is 15.2. The first kappa shape index (κ1) is 15.1. The highest BCUT2D eigenvalue weighted by Crippen LogP contribution is 2.21. The van der Waals surface area contributed by atoms with Gasteiger partial charge in [0.2, 0.25) is 0 Å². The molecule has 0 bridgehead atoms. The van der Waals surface area contributed by atoms with E-state index in [1.807, 2.05) is 37.3 Å². The third-order valence-electron chi connectivity index (χ3n) is 2.99. The van der Waals surface area contributed by atoms with Gasteiger partial charge in [-0.25, -0.2) is 5.43 Å². The van der Waals surface area contributed by atoms with Crippen LogP contribution >= 0.6 is 11.6 Å². The summed E-state index contributed by atoms with van der Waals surface area (Å²) in [5.74, 6) is -0.575. The third-order valence-corrected chi connectivity index (χ3v) is 3.23. The number of phenols is 1. The van der Waals surface area contributed by atoms with Crippen molar-refractivity contribution < 1.29 is 9.90 Å². The second-order valence-corrected chi connectivity index (χ2v) is 5.02. The summed E-state index contributed by atoms with van der Waals surface area (Å²) >= 11 is 5.80. The zero-order valence-electron chi connectivity index (χ0n) is 11.5. The van der Waals surface area contributed by atoms with Crippen molar-refractivity contribution in [3.8, 4) is 5.75 Å². The van der Waals surface area contributed by atoms with Gasteiger partial charge in [0.1, 0.15) is 5.75 Å². The Morgan fingerprint density at radius 1 is 1.29 bits per heavy atom. The molecule has 108 valence electrons. The summed E-state index contributed by atoms with van der Waals surface area (Å²) in [5, 5.41) is 13.9. The van der Waals surface area contributed by atoms with Crippen molar-refractivity contribution in [1.29, 1.82) is 0 Å². The topological polar surface area (TPSA) is 61.7 Å². The highest BCUT2D eigenvalue weighted by Gasteiger charge is 2.11. The number of benzene rings is 2. The van der Waals surface area contributed by atoms with E-state index in [4.69, 9.17) is 11.6 Å². The largest absolute Gasteiger partial charge is 0.507 e. The fourth-order valence-corrected chi connectivity index (χ4v) is 1.97. The Balaban J connectivity index is 2.01. The molecule has 0 heterocycles. The number of carbonyl (C=O) groups excluding carboxylic acids is 1. The molecule has 1 atom stereocenters. The van der Waals surface area contributed by atoms with E-state index in [2.05, 4.69) is 10.5 Å². The molecule has 0 fully saturated rings. The second-order valence-electron chi connectivity index (χ2n) is 4.58. The van der Waals surface area contributed by atoms with Crippen molar-refractivity contribution in [2.75, 3.05) is 0 Å². The van der Waals surface area contributed by atoms with Gasteiger partial charge in [-0.05, 0) is 23.8 Å². The first-order valence-electron chi connectivity index (χ1n) is 6.45. The molecule has 1 amide bonds. The third kappa shape index (κ3) is 4.07. The molecule has 0 spiro atoms. The van der Waals surface area contributed by atoms with Crippen LogP contribution in [0.3, 0.4) is 0 Å². The van der Waals surface area contributed by atoms with Crippen LogP contribution in [0.15, 0.2) is 53.6 Å². The minimum absolute atomic E-state index is 0.0689. The van der Waals surface area contributed by atoms with Gasteiger partial charge in [-0.2, -0.15) is 5.10 Å². The van der Waals surface area contributed by atoms with Gasteiger partial charge in [0.15, 0.2) is 0 Å². The Labute approximate surface area is 128 Å². The summed E-state index contributed by atoms with van der Waals surface area (Å²) in [6.45, 7) is 1.97. The summed E-state index contributed by atoms with van der Waals surface area (Å²) in [7, 11) is 0. The van der Waals surface area contributed by atoms with Crippen LogP contribution in [-0.4, -0.2) is 17.2 Å². The van der Waals surface area contributed by atoms with Crippen LogP contribution in [0.1, 0.15) is 28.8 Å². The van der Waals surface area contributed by atoms with Crippen LogP contribution in [0.25, 0.3) is 0 Å². The molecular formula is C16H15ClN2O2. The number of rotatable bonds is 4. The Bertz CT molecular complexity index is 657. The van der Waals surface area contributed by atoms with Crippen LogP contribution in [-0.2, 0) is 0 Å². The van der Waals surface area contributed by atoms with Gasteiger partial charge in [0.05, 0.1) is 5.56 Å². The molecule has 1 unspecified atom stereocenters. The lowest BCUT2D eigenvalue weighted by molar-refractivity contribution is 0.0952. The SMILES string of the molecule is CC(/C=N/NC(=O)c1cc(Cl)ccc1O)c1ccccc1. The molecule has 4 nitrogen and oxygen atoms in total. The van der Waals surface area contributed by atoms with Crippen molar-refractivity contribution >= 4 is 23.7 Å². The highest BCUT2D eigenvalue weighted by molar-refractivity contribution is 6.31. The van der Waals surface area contributed by atoms with Gasteiger partial charge in [-0.1, -0.05) is 48.9 Å². The molecule has 0 saturated heterocycles. The van der Waals surface area contributed by atoms with Gasteiger partial charge >= 0.3 is 0 Å². The first-order chi connectivity index (χ1) is 10.1. The van der Waals surface area contributed by atoms with E-state index in [9.17, 15) is 9.90 Å².